The van der Waals surface area contributed by atoms with E-state index in [4.69, 9.17) is 11.6 Å². The summed E-state index contributed by atoms with van der Waals surface area (Å²) >= 11 is 5.93. The average molecular weight is 372 g/mol. The molecule has 0 spiro atoms. The number of aromatic nitrogens is 1. The first-order valence-electron chi connectivity index (χ1n) is 7.38. The smallest absolute Gasteiger partial charge is 0.339 e. The number of hydrogen-bond donors (Lipinski definition) is 2. The lowest BCUT2D eigenvalue weighted by Crippen LogP contribution is -2.27. The van der Waals surface area contributed by atoms with Gasteiger partial charge >= 0.3 is 6.18 Å². The highest BCUT2D eigenvalue weighted by atomic mass is 35.5. The van der Waals surface area contributed by atoms with Gasteiger partial charge in [-0.2, -0.15) is 13.2 Å². The fourth-order valence-electron chi connectivity index (χ4n) is 1.80. The Hall–Kier alpha value is -2.28. The number of nitrogens with one attached hydrogen (secondary N) is 2. The number of amides is 1. The first-order chi connectivity index (χ1) is 11.5. The van der Waals surface area contributed by atoms with E-state index in [9.17, 15) is 18.0 Å². The van der Waals surface area contributed by atoms with Crippen LogP contribution in [0.1, 0.15) is 26.3 Å². The maximum Gasteiger partial charge on any atom is 0.416 e. The van der Waals surface area contributed by atoms with Crippen LogP contribution in [0.3, 0.4) is 0 Å². The highest BCUT2D eigenvalue weighted by Gasteiger charge is 2.31. The number of carbonyl (C=O) groups excluding carboxylic acids is 1. The molecule has 4 nitrogen and oxygen atoms in total. The highest BCUT2D eigenvalue weighted by Crippen LogP contribution is 2.34. The molecule has 0 aliphatic rings. The van der Waals surface area contributed by atoms with Crippen LogP contribution in [0.5, 0.6) is 0 Å². The van der Waals surface area contributed by atoms with Gasteiger partial charge in [-0.05, 0) is 30.3 Å². The lowest BCUT2D eigenvalue weighted by molar-refractivity contribution is -0.137. The van der Waals surface area contributed by atoms with Crippen LogP contribution in [0.4, 0.5) is 30.4 Å². The van der Waals surface area contributed by atoms with Gasteiger partial charge in [-0.25, -0.2) is 4.98 Å². The van der Waals surface area contributed by atoms with Gasteiger partial charge in [-0.3, -0.25) is 4.79 Å². The number of pyridine rings is 1. The third kappa shape index (κ3) is 5.09. The van der Waals surface area contributed by atoms with Crippen molar-refractivity contribution in [3.8, 4) is 0 Å². The summed E-state index contributed by atoms with van der Waals surface area (Å²) in [6, 6.07) is 6.13. The SMILES string of the molecule is CC(C)(C)C(=O)Nc1ccc(Nc2cc(C(F)(F)F)ccc2Cl)nc1. The second-order valence-corrected chi connectivity index (χ2v) is 6.86. The number of hydrogen-bond acceptors (Lipinski definition) is 3. The molecule has 1 aromatic heterocycles. The molecule has 2 aromatic rings. The van der Waals surface area contributed by atoms with Crippen LogP contribution in [0.15, 0.2) is 36.5 Å². The molecule has 0 saturated heterocycles. The van der Waals surface area contributed by atoms with E-state index >= 15 is 0 Å². The van der Waals surface area contributed by atoms with Crippen LogP contribution >= 0.6 is 11.6 Å². The van der Waals surface area contributed by atoms with Crippen molar-refractivity contribution >= 4 is 34.7 Å². The lowest BCUT2D eigenvalue weighted by atomic mass is 9.96. The van der Waals surface area contributed by atoms with Gasteiger partial charge in [0.15, 0.2) is 0 Å². The van der Waals surface area contributed by atoms with E-state index < -0.39 is 17.2 Å². The van der Waals surface area contributed by atoms with Crippen LogP contribution < -0.4 is 10.6 Å². The molecule has 134 valence electrons. The Morgan fingerprint density at radius 1 is 1.12 bits per heavy atom. The van der Waals surface area contributed by atoms with Gasteiger partial charge in [-0.1, -0.05) is 32.4 Å². The maximum atomic E-state index is 12.8. The summed E-state index contributed by atoms with van der Waals surface area (Å²) in [5, 5.41) is 5.59. The Morgan fingerprint density at radius 3 is 2.32 bits per heavy atom. The van der Waals surface area contributed by atoms with Crippen LogP contribution in [0, 0.1) is 5.41 Å². The van der Waals surface area contributed by atoms with Gasteiger partial charge in [0, 0.05) is 5.41 Å². The number of nitrogens with zero attached hydrogens (tertiary/aromatic N) is 1. The van der Waals surface area contributed by atoms with Crippen molar-refractivity contribution in [2.75, 3.05) is 10.6 Å². The predicted molar refractivity (Wildman–Crippen MR) is 92.1 cm³/mol. The third-order valence-electron chi connectivity index (χ3n) is 3.26. The van der Waals surface area contributed by atoms with E-state index in [-0.39, 0.29) is 16.6 Å². The van der Waals surface area contributed by atoms with Crippen molar-refractivity contribution in [2.45, 2.75) is 26.9 Å². The normalized spacial score (nSPS) is 12.0. The number of benzene rings is 1. The van der Waals surface area contributed by atoms with Crippen LogP contribution in [0.25, 0.3) is 0 Å². The molecule has 0 unspecified atom stereocenters. The molecular formula is C17H17ClF3N3O. The van der Waals surface area contributed by atoms with Gasteiger partial charge in [0.2, 0.25) is 5.91 Å². The second-order valence-electron chi connectivity index (χ2n) is 6.45. The zero-order chi connectivity index (χ0) is 18.8. The Morgan fingerprint density at radius 2 is 1.80 bits per heavy atom. The van der Waals surface area contributed by atoms with Crippen LogP contribution in [-0.2, 0) is 11.0 Å². The van der Waals surface area contributed by atoms with Gasteiger partial charge < -0.3 is 10.6 Å². The van der Waals surface area contributed by atoms with Crippen LogP contribution in [-0.4, -0.2) is 10.9 Å². The molecule has 2 N–H and O–H groups in total. The largest absolute Gasteiger partial charge is 0.416 e. The minimum Gasteiger partial charge on any atom is -0.339 e. The molecule has 0 atom stereocenters. The fourth-order valence-corrected chi connectivity index (χ4v) is 1.96. The summed E-state index contributed by atoms with van der Waals surface area (Å²) < 4.78 is 38.3. The molecule has 0 radical (unpaired) electrons. The Balaban J connectivity index is 2.15. The number of alkyl halides is 3. The van der Waals surface area contributed by atoms with Crippen molar-refractivity contribution < 1.29 is 18.0 Å². The van der Waals surface area contributed by atoms with Gasteiger partial charge in [-0.15, -0.1) is 0 Å². The van der Waals surface area contributed by atoms with E-state index in [1.807, 2.05) is 0 Å². The zero-order valence-electron chi connectivity index (χ0n) is 13.8. The molecule has 1 heterocycles. The van der Waals surface area contributed by atoms with Gasteiger partial charge in [0.05, 0.1) is 28.2 Å². The minimum atomic E-state index is -4.46. The molecule has 0 aliphatic carbocycles. The van der Waals surface area contributed by atoms with Crippen molar-refractivity contribution in [2.24, 2.45) is 5.41 Å². The molecule has 25 heavy (non-hydrogen) atoms. The van der Waals surface area contributed by atoms with E-state index in [2.05, 4.69) is 15.6 Å². The van der Waals surface area contributed by atoms with Crippen molar-refractivity contribution in [1.82, 2.24) is 4.98 Å². The summed E-state index contributed by atoms with van der Waals surface area (Å²) in [4.78, 5) is 16.0. The number of halogens is 4. The van der Waals surface area contributed by atoms with E-state index in [0.29, 0.717) is 11.5 Å². The first-order valence-corrected chi connectivity index (χ1v) is 7.76. The Kier molecular flexibility index (Phi) is 5.27. The maximum absolute atomic E-state index is 12.8. The third-order valence-corrected chi connectivity index (χ3v) is 3.59. The molecule has 8 heteroatoms. The molecule has 1 amide bonds. The van der Waals surface area contributed by atoms with Gasteiger partial charge in [0.1, 0.15) is 5.82 Å². The lowest BCUT2D eigenvalue weighted by Gasteiger charge is -2.17. The van der Waals surface area contributed by atoms with Crippen molar-refractivity contribution in [3.05, 3.63) is 47.1 Å². The minimum absolute atomic E-state index is 0.0930. The standard InChI is InChI=1S/C17H17ClF3N3O/c1-16(2,3)15(25)23-11-5-7-14(22-9-11)24-13-8-10(17(19,20)21)4-6-12(13)18/h4-9H,1-3H3,(H,22,24)(H,23,25). The fraction of sp³-hybridized carbons (Fsp3) is 0.294. The Labute approximate surface area is 148 Å². The molecule has 0 bridgehead atoms. The summed E-state index contributed by atoms with van der Waals surface area (Å²) in [5.41, 5.74) is -0.785. The molecule has 0 fully saturated rings. The van der Waals surface area contributed by atoms with Crippen LogP contribution in [0.2, 0.25) is 5.02 Å². The van der Waals surface area contributed by atoms with Gasteiger partial charge in [0.25, 0.3) is 0 Å². The van der Waals surface area contributed by atoms with Crippen molar-refractivity contribution in [3.63, 3.8) is 0 Å². The van der Waals surface area contributed by atoms with Crippen molar-refractivity contribution in [1.29, 1.82) is 0 Å². The molecule has 1 aromatic carbocycles. The summed E-state index contributed by atoms with van der Waals surface area (Å²) in [6.45, 7) is 5.34. The molecule has 0 saturated carbocycles. The van der Waals surface area contributed by atoms with E-state index in [0.717, 1.165) is 12.1 Å². The molecule has 0 aliphatic heterocycles. The summed E-state index contributed by atoms with van der Waals surface area (Å²) in [6.07, 6.45) is -3.05. The first kappa shape index (κ1) is 19.1. The monoisotopic (exact) mass is 371 g/mol. The molecule has 2 rings (SSSR count). The average Bonchev–Trinajstić information content (AvgIpc) is 2.49. The number of anilines is 3. The number of carbonyl (C=O) groups is 1. The predicted octanol–water partition coefficient (Wildman–Crippen LogP) is 5.48. The Bertz CT molecular complexity index is 768. The van der Waals surface area contributed by atoms with E-state index in [1.54, 1.807) is 26.8 Å². The zero-order valence-corrected chi connectivity index (χ0v) is 14.6. The topological polar surface area (TPSA) is 54.0 Å². The summed E-state index contributed by atoms with van der Waals surface area (Å²) in [7, 11) is 0. The number of rotatable bonds is 3. The second kappa shape index (κ2) is 6.92. The van der Waals surface area contributed by atoms with E-state index in [1.165, 1.54) is 18.3 Å². The summed E-state index contributed by atoms with van der Waals surface area (Å²) in [5.74, 6) is 0.130. The molecular weight excluding hydrogens is 355 g/mol. The quantitative estimate of drug-likeness (QED) is 0.750. The highest BCUT2D eigenvalue weighted by molar-refractivity contribution is 6.33.